The van der Waals surface area contributed by atoms with E-state index in [-0.39, 0.29) is 22.9 Å². The average Bonchev–Trinajstić information content (AvgIpc) is 3.11. The topological polar surface area (TPSA) is 66.8 Å². The highest BCUT2D eigenvalue weighted by Gasteiger charge is 2.47. The van der Waals surface area contributed by atoms with Crippen LogP contribution >= 0.6 is 0 Å². The third-order valence-electron chi connectivity index (χ3n) is 5.87. The molecule has 7 heteroatoms. The van der Waals surface area contributed by atoms with Crippen molar-refractivity contribution < 1.29 is 28.2 Å². The van der Waals surface area contributed by atoms with Crippen molar-refractivity contribution in [3.05, 3.63) is 101 Å². The summed E-state index contributed by atoms with van der Waals surface area (Å²) in [5.74, 6) is -3.75. The van der Waals surface area contributed by atoms with Crippen LogP contribution in [0.4, 0.5) is 14.5 Å². The number of carbonyl (C=O) groups excluding carboxylic acids is 2. The molecule has 0 aliphatic carbocycles. The molecule has 1 aliphatic rings. The lowest BCUT2D eigenvalue weighted by Gasteiger charge is -2.25. The van der Waals surface area contributed by atoms with E-state index in [0.717, 1.165) is 22.6 Å². The van der Waals surface area contributed by atoms with E-state index in [1.54, 1.807) is 55.6 Å². The first kappa shape index (κ1) is 23.2. The maximum Gasteiger partial charge on any atom is 0.300 e. The fourth-order valence-electron chi connectivity index (χ4n) is 4.17. The van der Waals surface area contributed by atoms with Gasteiger partial charge in [0.15, 0.2) is 11.6 Å². The highest BCUT2D eigenvalue weighted by molar-refractivity contribution is 6.51. The van der Waals surface area contributed by atoms with Gasteiger partial charge in [-0.25, -0.2) is 8.78 Å². The molecule has 0 bridgehead atoms. The van der Waals surface area contributed by atoms with Crippen LogP contribution < -0.4 is 9.64 Å². The molecule has 0 saturated carbocycles. The number of methoxy groups -OCH3 is 1. The van der Waals surface area contributed by atoms with Gasteiger partial charge in [0.05, 0.1) is 18.7 Å². The van der Waals surface area contributed by atoms with Crippen LogP contribution in [0.3, 0.4) is 0 Å². The van der Waals surface area contributed by atoms with Crippen LogP contribution in [0, 0.1) is 11.6 Å². The Morgan fingerprint density at radius 2 is 1.68 bits per heavy atom. The van der Waals surface area contributed by atoms with Crippen molar-refractivity contribution in [2.24, 2.45) is 0 Å². The summed E-state index contributed by atoms with van der Waals surface area (Å²) in [6.45, 7) is 3.93. The molecule has 1 saturated heterocycles. The van der Waals surface area contributed by atoms with Gasteiger partial charge in [-0.1, -0.05) is 44.2 Å². The van der Waals surface area contributed by atoms with Crippen molar-refractivity contribution in [3.63, 3.8) is 0 Å². The molecule has 1 unspecified atom stereocenters. The molecule has 1 fully saturated rings. The van der Waals surface area contributed by atoms with E-state index < -0.39 is 29.4 Å². The number of rotatable bonds is 5. The molecule has 1 N–H and O–H groups in total. The number of aliphatic hydroxyl groups excluding tert-OH is 1. The highest BCUT2D eigenvalue weighted by atomic mass is 19.2. The molecule has 1 atom stereocenters. The minimum atomic E-state index is -1.15. The van der Waals surface area contributed by atoms with Crippen molar-refractivity contribution in [3.8, 4) is 5.75 Å². The standard InChI is InChI=1S/C27H23F2NO4/c1-15(2)19-13-17(9-12-22(19)34-3)25(31)23-24(16-7-5-4-6-8-16)30(27(33)26(23)32)18-10-11-20(28)21(29)14-18/h4-15,24,31H,1-3H3/b25-23-. The van der Waals surface area contributed by atoms with Crippen LogP contribution in [0.2, 0.25) is 0 Å². The normalized spacial score (nSPS) is 17.5. The van der Waals surface area contributed by atoms with Gasteiger partial charge >= 0.3 is 0 Å². The van der Waals surface area contributed by atoms with Crippen LogP contribution in [0.25, 0.3) is 5.76 Å². The summed E-state index contributed by atoms with van der Waals surface area (Å²) in [5.41, 5.74) is 1.56. The van der Waals surface area contributed by atoms with Crippen LogP contribution in [-0.2, 0) is 9.59 Å². The summed E-state index contributed by atoms with van der Waals surface area (Å²) >= 11 is 0. The summed E-state index contributed by atoms with van der Waals surface area (Å²) in [6, 6.07) is 15.6. The van der Waals surface area contributed by atoms with Gasteiger partial charge in [0.1, 0.15) is 11.5 Å². The van der Waals surface area contributed by atoms with Gasteiger partial charge in [-0.3, -0.25) is 14.5 Å². The molecule has 3 aromatic rings. The molecule has 1 aliphatic heterocycles. The average molecular weight is 463 g/mol. The first-order chi connectivity index (χ1) is 16.2. The maximum absolute atomic E-state index is 14.0. The molecule has 1 amide bonds. The number of hydrogen-bond donors (Lipinski definition) is 1. The second-order valence-corrected chi connectivity index (χ2v) is 8.29. The summed E-state index contributed by atoms with van der Waals surface area (Å²) in [4.78, 5) is 27.4. The third-order valence-corrected chi connectivity index (χ3v) is 5.87. The maximum atomic E-state index is 14.0. The van der Waals surface area contributed by atoms with Crippen LogP contribution in [0.1, 0.15) is 42.5 Å². The Hall–Kier alpha value is -4.00. The molecule has 0 spiro atoms. The molecule has 1 heterocycles. The number of amides is 1. The number of ketones is 1. The number of benzene rings is 3. The van der Waals surface area contributed by atoms with Crippen molar-refractivity contribution in [2.45, 2.75) is 25.8 Å². The van der Waals surface area contributed by atoms with Crippen LogP contribution in [0.5, 0.6) is 5.75 Å². The third kappa shape index (κ3) is 3.94. The highest BCUT2D eigenvalue weighted by Crippen LogP contribution is 2.43. The second-order valence-electron chi connectivity index (χ2n) is 8.29. The first-order valence-electron chi connectivity index (χ1n) is 10.7. The Labute approximate surface area is 195 Å². The zero-order chi connectivity index (χ0) is 24.6. The van der Waals surface area contributed by atoms with Crippen molar-refractivity contribution in [1.82, 2.24) is 0 Å². The summed E-state index contributed by atoms with van der Waals surface area (Å²) < 4.78 is 33.0. The van der Waals surface area contributed by atoms with E-state index in [2.05, 4.69) is 0 Å². The molecular formula is C27H23F2NO4. The van der Waals surface area contributed by atoms with Gasteiger partial charge < -0.3 is 9.84 Å². The number of aliphatic hydroxyl groups is 1. The Morgan fingerprint density at radius 1 is 0.971 bits per heavy atom. The second kappa shape index (κ2) is 9.09. The quantitative estimate of drug-likeness (QED) is 0.298. The van der Waals surface area contributed by atoms with Crippen molar-refractivity contribution >= 4 is 23.1 Å². The largest absolute Gasteiger partial charge is 0.507 e. The van der Waals surface area contributed by atoms with Crippen LogP contribution in [-0.4, -0.2) is 23.9 Å². The lowest BCUT2D eigenvalue weighted by molar-refractivity contribution is -0.132. The van der Waals surface area contributed by atoms with E-state index in [1.165, 1.54) is 6.07 Å². The minimum absolute atomic E-state index is 0.00602. The Bertz CT molecular complexity index is 1300. The summed E-state index contributed by atoms with van der Waals surface area (Å²) in [5, 5.41) is 11.3. The van der Waals surface area contributed by atoms with E-state index >= 15 is 0 Å². The monoisotopic (exact) mass is 463 g/mol. The molecule has 0 radical (unpaired) electrons. The molecule has 4 rings (SSSR count). The molecule has 0 aromatic heterocycles. The summed E-state index contributed by atoms with van der Waals surface area (Å²) in [7, 11) is 1.55. The zero-order valence-corrected chi connectivity index (χ0v) is 18.9. The Kier molecular flexibility index (Phi) is 6.20. The molecule has 3 aromatic carbocycles. The van der Waals surface area contributed by atoms with Gasteiger partial charge in [-0.2, -0.15) is 0 Å². The van der Waals surface area contributed by atoms with Gasteiger partial charge in [-0.15, -0.1) is 0 Å². The molecule has 174 valence electrons. The summed E-state index contributed by atoms with van der Waals surface area (Å²) in [6.07, 6.45) is 0. The van der Waals surface area contributed by atoms with Gasteiger partial charge in [-0.05, 0) is 47.4 Å². The minimum Gasteiger partial charge on any atom is -0.507 e. The van der Waals surface area contributed by atoms with Gasteiger partial charge in [0.25, 0.3) is 11.7 Å². The number of carbonyl (C=O) groups is 2. The number of nitrogens with zero attached hydrogens (tertiary/aromatic N) is 1. The lowest BCUT2D eigenvalue weighted by Crippen LogP contribution is -2.29. The SMILES string of the molecule is COc1ccc(/C(O)=C2/C(=O)C(=O)N(c3ccc(F)c(F)c3)C2c2ccccc2)cc1C(C)C. The van der Waals surface area contributed by atoms with E-state index in [1.807, 2.05) is 13.8 Å². The zero-order valence-electron chi connectivity index (χ0n) is 18.9. The number of halogens is 2. The fraction of sp³-hybridized carbons (Fsp3) is 0.185. The smallest absolute Gasteiger partial charge is 0.300 e. The number of ether oxygens (including phenoxy) is 1. The fourth-order valence-corrected chi connectivity index (χ4v) is 4.17. The van der Waals surface area contributed by atoms with E-state index in [9.17, 15) is 23.5 Å². The Morgan fingerprint density at radius 3 is 2.29 bits per heavy atom. The number of hydrogen-bond acceptors (Lipinski definition) is 4. The molecule has 5 nitrogen and oxygen atoms in total. The van der Waals surface area contributed by atoms with Crippen molar-refractivity contribution in [2.75, 3.05) is 12.0 Å². The van der Waals surface area contributed by atoms with Gasteiger partial charge in [0, 0.05) is 17.3 Å². The van der Waals surface area contributed by atoms with Crippen LogP contribution in [0.15, 0.2) is 72.3 Å². The van der Waals surface area contributed by atoms with E-state index in [0.29, 0.717) is 16.9 Å². The van der Waals surface area contributed by atoms with Gasteiger partial charge in [0.2, 0.25) is 0 Å². The van der Waals surface area contributed by atoms with Crippen molar-refractivity contribution in [1.29, 1.82) is 0 Å². The molecule has 34 heavy (non-hydrogen) atoms. The van der Waals surface area contributed by atoms with E-state index in [4.69, 9.17) is 4.74 Å². The predicted molar refractivity (Wildman–Crippen MR) is 125 cm³/mol. The first-order valence-corrected chi connectivity index (χ1v) is 10.7. The molecular weight excluding hydrogens is 440 g/mol. The lowest BCUT2D eigenvalue weighted by atomic mass is 9.93. The Balaban J connectivity index is 1.94. The number of anilines is 1. The number of Topliss-reactive ketones (excluding diaryl/α,β-unsaturated/α-hetero) is 1. The predicted octanol–water partition coefficient (Wildman–Crippen LogP) is 5.72.